The third-order valence-corrected chi connectivity index (χ3v) is 4.61. The Kier molecular flexibility index (Phi) is 5.66. The maximum absolute atomic E-state index is 12.9. The van der Waals surface area contributed by atoms with Crippen LogP contribution >= 0.6 is 0 Å². The third-order valence-electron chi connectivity index (χ3n) is 4.61. The van der Waals surface area contributed by atoms with E-state index in [1.165, 1.54) is 17.7 Å². The minimum Gasteiger partial charge on any atom is -0.497 e. The number of rotatable bonds is 6. The summed E-state index contributed by atoms with van der Waals surface area (Å²) in [4.78, 5) is 14.5. The molecule has 1 aliphatic heterocycles. The minimum absolute atomic E-state index is 0.00950. The van der Waals surface area contributed by atoms with Crippen LogP contribution in [0.3, 0.4) is 0 Å². The van der Waals surface area contributed by atoms with Gasteiger partial charge >= 0.3 is 0 Å². The van der Waals surface area contributed by atoms with Gasteiger partial charge in [-0.25, -0.2) is 4.39 Å². The molecule has 25 heavy (non-hydrogen) atoms. The van der Waals surface area contributed by atoms with E-state index in [0.717, 1.165) is 30.7 Å². The molecule has 0 aliphatic carbocycles. The van der Waals surface area contributed by atoms with E-state index in [9.17, 15) is 9.18 Å². The molecule has 0 radical (unpaired) electrons. The lowest BCUT2D eigenvalue weighted by Crippen LogP contribution is -2.36. The molecule has 1 aliphatic rings. The van der Waals surface area contributed by atoms with E-state index in [1.54, 1.807) is 19.2 Å². The molecule has 0 aromatic heterocycles. The van der Waals surface area contributed by atoms with Crippen LogP contribution in [0.15, 0.2) is 48.5 Å². The van der Waals surface area contributed by atoms with Crippen LogP contribution in [0.1, 0.15) is 30.0 Å². The molecule has 4 nitrogen and oxygen atoms in total. The molecule has 0 unspecified atom stereocenters. The number of halogens is 1. The number of hydrogen-bond donors (Lipinski definition) is 1. The molecule has 2 aromatic carbocycles. The van der Waals surface area contributed by atoms with Gasteiger partial charge in [-0.3, -0.25) is 9.69 Å². The molecular weight excluding hydrogens is 319 g/mol. The molecule has 0 saturated carbocycles. The van der Waals surface area contributed by atoms with Gasteiger partial charge < -0.3 is 10.1 Å². The van der Waals surface area contributed by atoms with Crippen LogP contribution in [0.5, 0.6) is 5.75 Å². The summed E-state index contributed by atoms with van der Waals surface area (Å²) in [5.74, 6) is 0.560. The van der Waals surface area contributed by atoms with Gasteiger partial charge in [-0.1, -0.05) is 24.3 Å². The van der Waals surface area contributed by atoms with Gasteiger partial charge in [0, 0.05) is 12.6 Å². The van der Waals surface area contributed by atoms with E-state index < -0.39 is 0 Å². The Hall–Kier alpha value is -2.40. The van der Waals surface area contributed by atoms with Crippen molar-refractivity contribution in [3.63, 3.8) is 0 Å². The van der Waals surface area contributed by atoms with E-state index in [2.05, 4.69) is 22.3 Å². The number of nitrogens with zero attached hydrogens (tertiary/aromatic N) is 1. The molecule has 3 rings (SSSR count). The number of likely N-dealkylation sites (tertiary alicyclic amines) is 1. The van der Waals surface area contributed by atoms with E-state index in [1.807, 2.05) is 12.1 Å². The van der Waals surface area contributed by atoms with E-state index in [-0.39, 0.29) is 17.8 Å². The van der Waals surface area contributed by atoms with Crippen molar-refractivity contribution in [1.29, 1.82) is 0 Å². The highest BCUT2D eigenvalue weighted by molar-refractivity contribution is 5.78. The average molecular weight is 342 g/mol. The van der Waals surface area contributed by atoms with Gasteiger partial charge in [0.2, 0.25) is 5.91 Å². The van der Waals surface area contributed by atoms with E-state index >= 15 is 0 Å². The first-order valence-electron chi connectivity index (χ1n) is 8.55. The molecule has 5 heteroatoms. The number of benzene rings is 2. The van der Waals surface area contributed by atoms with Crippen LogP contribution in [0.4, 0.5) is 4.39 Å². The van der Waals surface area contributed by atoms with Crippen LogP contribution < -0.4 is 10.1 Å². The largest absolute Gasteiger partial charge is 0.497 e. The van der Waals surface area contributed by atoms with Gasteiger partial charge in [-0.05, 0) is 54.8 Å². The number of amides is 1. The summed E-state index contributed by atoms with van der Waals surface area (Å²) in [7, 11) is 1.66. The van der Waals surface area contributed by atoms with Crippen LogP contribution in [0.25, 0.3) is 0 Å². The maximum Gasteiger partial charge on any atom is 0.234 e. The maximum atomic E-state index is 12.9. The Labute approximate surface area is 147 Å². The molecule has 0 bridgehead atoms. The highest BCUT2D eigenvalue weighted by atomic mass is 19.1. The second-order valence-corrected chi connectivity index (χ2v) is 6.30. The zero-order chi connectivity index (χ0) is 17.6. The van der Waals surface area contributed by atoms with Gasteiger partial charge in [0.15, 0.2) is 0 Å². The van der Waals surface area contributed by atoms with Gasteiger partial charge in [0.1, 0.15) is 11.6 Å². The fourth-order valence-electron chi connectivity index (χ4n) is 3.26. The zero-order valence-corrected chi connectivity index (χ0v) is 14.4. The number of ether oxygens (including phenoxy) is 1. The van der Waals surface area contributed by atoms with Gasteiger partial charge in [-0.2, -0.15) is 0 Å². The summed E-state index contributed by atoms with van der Waals surface area (Å²) in [6, 6.07) is 14.5. The molecule has 1 saturated heterocycles. The molecule has 1 amide bonds. The van der Waals surface area contributed by atoms with E-state index in [0.29, 0.717) is 13.1 Å². The Morgan fingerprint density at radius 2 is 1.92 bits per heavy atom. The lowest BCUT2D eigenvalue weighted by Gasteiger charge is -2.24. The van der Waals surface area contributed by atoms with Crippen molar-refractivity contribution < 1.29 is 13.9 Å². The molecule has 132 valence electrons. The quantitative estimate of drug-likeness (QED) is 0.876. The Bertz CT molecular complexity index is 701. The number of methoxy groups -OCH3 is 1. The predicted octanol–water partition coefficient (Wildman–Crippen LogP) is 3.29. The lowest BCUT2D eigenvalue weighted by molar-refractivity contribution is -0.122. The first-order valence-corrected chi connectivity index (χ1v) is 8.55. The zero-order valence-electron chi connectivity index (χ0n) is 14.4. The van der Waals surface area contributed by atoms with E-state index in [4.69, 9.17) is 4.74 Å². The fourth-order valence-corrected chi connectivity index (χ4v) is 3.26. The van der Waals surface area contributed by atoms with Crippen LogP contribution in [-0.2, 0) is 11.3 Å². The van der Waals surface area contributed by atoms with Crippen LogP contribution in [-0.4, -0.2) is 31.0 Å². The smallest absolute Gasteiger partial charge is 0.234 e. The van der Waals surface area contributed by atoms with Crippen molar-refractivity contribution >= 4 is 5.91 Å². The summed E-state index contributed by atoms with van der Waals surface area (Å²) >= 11 is 0. The predicted molar refractivity (Wildman–Crippen MR) is 94.8 cm³/mol. The molecular formula is C20H23FN2O2. The summed E-state index contributed by atoms with van der Waals surface area (Å²) in [5, 5.41) is 2.91. The molecule has 1 heterocycles. The molecule has 1 fully saturated rings. The van der Waals surface area contributed by atoms with Crippen molar-refractivity contribution in [2.24, 2.45) is 0 Å². The first kappa shape index (κ1) is 17.4. The number of carbonyl (C=O) groups is 1. The Morgan fingerprint density at radius 1 is 1.20 bits per heavy atom. The standard InChI is InChI=1S/C20H23FN2O2/c1-25-18-10-6-16(7-11-18)19-3-2-12-23(19)14-20(24)22-13-15-4-8-17(21)9-5-15/h4-11,19H,2-3,12-14H2,1H3,(H,22,24)/t19-/m1/s1. The van der Waals surface area contributed by atoms with Crippen molar-refractivity contribution in [3.8, 4) is 5.75 Å². The third kappa shape index (κ3) is 4.57. The highest BCUT2D eigenvalue weighted by Crippen LogP contribution is 2.32. The van der Waals surface area contributed by atoms with Gasteiger partial charge in [-0.15, -0.1) is 0 Å². The monoisotopic (exact) mass is 342 g/mol. The van der Waals surface area contributed by atoms with Crippen LogP contribution in [0.2, 0.25) is 0 Å². The second kappa shape index (κ2) is 8.12. The van der Waals surface area contributed by atoms with Crippen LogP contribution in [0, 0.1) is 5.82 Å². The second-order valence-electron chi connectivity index (χ2n) is 6.30. The Morgan fingerprint density at radius 3 is 2.60 bits per heavy atom. The highest BCUT2D eigenvalue weighted by Gasteiger charge is 2.27. The van der Waals surface area contributed by atoms with Crippen molar-refractivity contribution in [2.45, 2.75) is 25.4 Å². The summed E-state index contributed by atoms with van der Waals surface area (Å²) in [6.45, 7) is 1.71. The number of carbonyl (C=O) groups excluding carboxylic acids is 1. The Balaban J connectivity index is 1.55. The van der Waals surface area contributed by atoms with Crippen molar-refractivity contribution in [1.82, 2.24) is 10.2 Å². The average Bonchev–Trinajstić information content (AvgIpc) is 3.09. The summed E-state index contributed by atoms with van der Waals surface area (Å²) in [6.07, 6.45) is 2.14. The van der Waals surface area contributed by atoms with Gasteiger partial charge in [0.25, 0.3) is 0 Å². The summed E-state index contributed by atoms with van der Waals surface area (Å²) in [5.41, 5.74) is 2.10. The lowest BCUT2D eigenvalue weighted by atomic mass is 10.0. The minimum atomic E-state index is -0.269. The summed E-state index contributed by atoms with van der Waals surface area (Å²) < 4.78 is 18.1. The number of nitrogens with one attached hydrogen (secondary N) is 1. The van der Waals surface area contributed by atoms with Crippen molar-refractivity contribution in [3.05, 3.63) is 65.5 Å². The van der Waals surface area contributed by atoms with Gasteiger partial charge in [0.05, 0.1) is 13.7 Å². The fraction of sp³-hybridized carbons (Fsp3) is 0.350. The normalized spacial score (nSPS) is 17.4. The molecule has 1 N–H and O–H groups in total. The molecule has 0 spiro atoms. The van der Waals surface area contributed by atoms with Crippen molar-refractivity contribution in [2.75, 3.05) is 20.2 Å². The number of hydrogen-bond acceptors (Lipinski definition) is 3. The topological polar surface area (TPSA) is 41.6 Å². The molecule has 1 atom stereocenters. The first-order chi connectivity index (χ1) is 12.2. The SMILES string of the molecule is COc1ccc([C@H]2CCCN2CC(=O)NCc2ccc(F)cc2)cc1. The molecule has 2 aromatic rings.